The van der Waals surface area contributed by atoms with Crippen LogP contribution in [0.3, 0.4) is 0 Å². The van der Waals surface area contributed by atoms with Gasteiger partial charge in [0, 0.05) is 24.4 Å². The monoisotopic (exact) mass is 303 g/mol. The average Bonchev–Trinajstić information content (AvgIpc) is 2.96. The number of likely N-dealkylation sites (tertiary alicyclic amines) is 1. The molecule has 2 heterocycles. The lowest BCUT2D eigenvalue weighted by Crippen LogP contribution is -2.46. The number of hydrogen-bond donors (Lipinski definition) is 1. The van der Waals surface area contributed by atoms with Gasteiger partial charge in [-0.2, -0.15) is 0 Å². The van der Waals surface area contributed by atoms with Gasteiger partial charge in [0.25, 0.3) is 0 Å². The van der Waals surface area contributed by atoms with Gasteiger partial charge in [-0.1, -0.05) is 49.0 Å². The smallest absolute Gasteiger partial charge is 0.157 e. The molecule has 1 saturated heterocycles. The molecule has 21 heavy (non-hydrogen) atoms. The van der Waals surface area contributed by atoms with Crippen molar-refractivity contribution in [2.24, 2.45) is 4.99 Å². The summed E-state index contributed by atoms with van der Waals surface area (Å²) in [6.07, 6.45) is 3.76. The van der Waals surface area contributed by atoms with Gasteiger partial charge in [-0.05, 0) is 31.4 Å². The van der Waals surface area contributed by atoms with E-state index >= 15 is 0 Å². The van der Waals surface area contributed by atoms with Gasteiger partial charge in [-0.15, -0.1) is 0 Å². The molecule has 0 saturated carbocycles. The summed E-state index contributed by atoms with van der Waals surface area (Å²) in [5.41, 5.74) is 1.41. The first-order valence-electron chi connectivity index (χ1n) is 8.07. The minimum atomic E-state index is 0.560. The quantitative estimate of drug-likeness (QED) is 0.926. The van der Waals surface area contributed by atoms with Crippen LogP contribution in [-0.2, 0) is 6.54 Å². The zero-order valence-corrected chi connectivity index (χ0v) is 13.6. The average molecular weight is 303 g/mol. The molecule has 0 aliphatic carbocycles. The molecule has 2 aliphatic heterocycles. The first-order chi connectivity index (χ1) is 10.3. The highest BCUT2D eigenvalue weighted by molar-refractivity contribution is 8.14. The highest BCUT2D eigenvalue weighted by Gasteiger charge is 2.24. The van der Waals surface area contributed by atoms with Gasteiger partial charge in [0.1, 0.15) is 0 Å². The lowest BCUT2D eigenvalue weighted by Gasteiger charge is -2.33. The van der Waals surface area contributed by atoms with Gasteiger partial charge in [-0.25, -0.2) is 0 Å². The molecule has 0 bridgehead atoms. The van der Waals surface area contributed by atoms with Crippen LogP contribution < -0.4 is 5.32 Å². The zero-order chi connectivity index (χ0) is 14.5. The number of rotatable bonds is 4. The van der Waals surface area contributed by atoms with Crippen molar-refractivity contribution in [1.29, 1.82) is 0 Å². The predicted molar refractivity (Wildman–Crippen MR) is 91.8 cm³/mol. The van der Waals surface area contributed by atoms with Gasteiger partial charge in [-0.3, -0.25) is 9.89 Å². The van der Waals surface area contributed by atoms with Crippen molar-refractivity contribution in [2.75, 3.05) is 19.6 Å². The third-order valence-electron chi connectivity index (χ3n) is 4.25. The Morgan fingerprint density at radius 3 is 2.95 bits per heavy atom. The van der Waals surface area contributed by atoms with Crippen LogP contribution in [0, 0.1) is 0 Å². The fourth-order valence-corrected chi connectivity index (χ4v) is 4.06. The maximum Gasteiger partial charge on any atom is 0.157 e. The number of aliphatic imine (C=N–C) groups is 1. The number of piperidine rings is 1. The molecule has 1 N–H and O–H groups in total. The standard InChI is InChI=1S/C17H25N3S/c1-2-16-11-18-17(21-16)19-15-9-6-10-20(13-15)12-14-7-4-3-5-8-14/h3-5,7-8,15-16H,2,6,9-13H2,1H3,(H,18,19). The summed E-state index contributed by atoms with van der Waals surface area (Å²) in [4.78, 5) is 7.20. The Hall–Kier alpha value is -1.00. The molecule has 3 nitrogen and oxygen atoms in total. The van der Waals surface area contributed by atoms with E-state index in [0.29, 0.717) is 11.3 Å². The molecule has 3 rings (SSSR count). The molecular weight excluding hydrogens is 278 g/mol. The molecule has 2 unspecified atom stereocenters. The van der Waals surface area contributed by atoms with Crippen molar-refractivity contribution < 1.29 is 0 Å². The van der Waals surface area contributed by atoms with Crippen molar-refractivity contribution in [3.63, 3.8) is 0 Å². The van der Waals surface area contributed by atoms with E-state index in [1.165, 1.54) is 36.5 Å². The second-order valence-electron chi connectivity index (χ2n) is 6.00. The van der Waals surface area contributed by atoms with Crippen molar-refractivity contribution in [3.05, 3.63) is 35.9 Å². The molecule has 114 valence electrons. The molecule has 0 spiro atoms. The SMILES string of the molecule is CCC1CN=C(NC2CCCN(Cc3ccccc3)C2)S1. The van der Waals surface area contributed by atoms with E-state index < -0.39 is 0 Å². The van der Waals surface area contributed by atoms with Crippen LogP contribution in [0.4, 0.5) is 0 Å². The summed E-state index contributed by atoms with van der Waals surface area (Å²) in [5.74, 6) is 0. The third-order valence-corrected chi connectivity index (χ3v) is 5.54. The van der Waals surface area contributed by atoms with Crippen LogP contribution in [-0.4, -0.2) is 41.0 Å². The lowest BCUT2D eigenvalue weighted by molar-refractivity contribution is 0.193. The van der Waals surface area contributed by atoms with Crippen molar-refractivity contribution in [2.45, 2.75) is 44.0 Å². The van der Waals surface area contributed by atoms with E-state index in [4.69, 9.17) is 0 Å². The van der Waals surface area contributed by atoms with Gasteiger partial charge in [0.15, 0.2) is 5.17 Å². The number of thioether (sulfide) groups is 1. The topological polar surface area (TPSA) is 27.6 Å². The predicted octanol–water partition coefficient (Wildman–Crippen LogP) is 3.12. The lowest BCUT2D eigenvalue weighted by atomic mass is 10.1. The molecule has 1 aromatic rings. The Kier molecular flexibility index (Phi) is 5.20. The normalized spacial score (nSPS) is 26.6. The molecule has 1 aromatic carbocycles. The van der Waals surface area contributed by atoms with Gasteiger partial charge in [0.05, 0.1) is 6.54 Å². The Morgan fingerprint density at radius 2 is 2.19 bits per heavy atom. The van der Waals surface area contributed by atoms with E-state index in [1.807, 2.05) is 11.8 Å². The largest absolute Gasteiger partial charge is 0.361 e. The summed E-state index contributed by atoms with van der Waals surface area (Å²) in [6, 6.07) is 11.3. The summed E-state index contributed by atoms with van der Waals surface area (Å²) in [7, 11) is 0. The maximum atomic E-state index is 4.64. The van der Waals surface area contributed by atoms with Crippen LogP contribution in [0.5, 0.6) is 0 Å². The third kappa shape index (κ3) is 4.24. The Bertz CT molecular complexity index is 474. The molecule has 0 amide bonds. The highest BCUT2D eigenvalue weighted by Crippen LogP contribution is 2.23. The minimum absolute atomic E-state index is 0.560. The van der Waals surface area contributed by atoms with Crippen molar-refractivity contribution in [3.8, 4) is 0 Å². The second kappa shape index (κ2) is 7.32. The zero-order valence-electron chi connectivity index (χ0n) is 12.8. The molecule has 0 radical (unpaired) electrons. The second-order valence-corrected chi connectivity index (χ2v) is 7.29. The summed E-state index contributed by atoms with van der Waals surface area (Å²) >= 11 is 1.93. The van der Waals surface area contributed by atoms with E-state index in [1.54, 1.807) is 0 Å². The van der Waals surface area contributed by atoms with Gasteiger partial charge >= 0.3 is 0 Å². The fourth-order valence-electron chi connectivity index (χ4n) is 3.04. The van der Waals surface area contributed by atoms with Gasteiger partial charge < -0.3 is 5.32 Å². The van der Waals surface area contributed by atoms with E-state index in [0.717, 1.165) is 19.6 Å². The summed E-state index contributed by atoms with van der Waals surface area (Å²) in [5, 5.41) is 5.53. The van der Waals surface area contributed by atoms with Crippen LogP contribution in [0.2, 0.25) is 0 Å². The van der Waals surface area contributed by atoms with Crippen LogP contribution in [0.15, 0.2) is 35.3 Å². The summed E-state index contributed by atoms with van der Waals surface area (Å²) in [6.45, 7) is 6.65. The number of benzene rings is 1. The number of hydrogen-bond acceptors (Lipinski definition) is 4. The minimum Gasteiger partial charge on any atom is -0.361 e. The Labute approximate surface area is 132 Å². The molecular formula is C17H25N3S. The molecule has 4 heteroatoms. The van der Waals surface area contributed by atoms with E-state index in [2.05, 4.69) is 52.5 Å². The van der Waals surface area contributed by atoms with Crippen LogP contribution in [0.25, 0.3) is 0 Å². The van der Waals surface area contributed by atoms with Gasteiger partial charge in [0.2, 0.25) is 0 Å². The molecule has 1 fully saturated rings. The first-order valence-corrected chi connectivity index (χ1v) is 8.95. The fraction of sp³-hybridized carbons (Fsp3) is 0.588. The van der Waals surface area contributed by atoms with Crippen LogP contribution >= 0.6 is 11.8 Å². The van der Waals surface area contributed by atoms with E-state index in [-0.39, 0.29) is 0 Å². The molecule has 2 aliphatic rings. The highest BCUT2D eigenvalue weighted by atomic mass is 32.2. The Balaban J connectivity index is 1.49. The van der Waals surface area contributed by atoms with E-state index in [9.17, 15) is 0 Å². The summed E-state index contributed by atoms with van der Waals surface area (Å²) < 4.78 is 0. The van der Waals surface area contributed by atoms with Crippen molar-refractivity contribution >= 4 is 16.9 Å². The first kappa shape index (κ1) is 14.9. The number of amidine groups is 1. The Morgan fingerprint density at radius 1 is 1.33 bits per heavy atom. The van der Waals surface area contributed by atoms with Crippen LogP contribution in [0.1, 0.15) is 31.7 Å². The molecule has 0 aromatic heterocycles. The number of nitrogens with zero attached hydrogens (tertiary/aromatic N) is 2. The molecule has 2 atom stereocenters. The maximum absolute atomic E-state index is 4.64. The number of nitrogens with one attached hydrogen (secondary N) is 1. The van der Waals surface area contributed by atoms with Crippen molar-refractivity contribution in [1.82, 2.24) is 10.2 Å².